The lowest BCUT2D eigenvalue weighted by Crippen LogP contribution is -2.60. The van der Waals surface area contributed by atoms with Crippen molar-refractivity contribution >= 4 is 17.3 Å². The summed E-state index contributed by atoms with van der Waals surface area (Å²) in [6.45, 7) is 4.23. The topological polar surface area (TPSA) is 15.3 Å². The van der Waals surface area contributed by atoms with Crippen LogP contribution >= 0.6 is 11.6 Å². The molecule has 0 saturated carbocycles. The lowest BCUT2D eigenvalue weighted by molar-refractivity contribution is 0.150. The molecule has 2 aliphatic rings. The van der Waals surface area contributed by atoms with Crippen molar-refractivity contribution in [2.45, 2.75) is 12.8 Å². The summed E-state index contributed by atoms with van der Waals surface area (Å²) in [5.74, 6) is -0.212. The van der Waals surface area contributed by atoms with Gasteiger partial charge in [-0.3, -0.25) is 0 Å². The fraction of sp³-hybridized carbons (Fsp3) is 0.538. The number of rotatable bonds is 1. The third-order valence-electron chi connectivity index (χ3n) is 3.97. The Morgan fingerprint density at radius 3 is 2.65 bits per heavy atom. The van der Waals surface area contributed by atoms with E-state index in [1.54, 1.807) is 6.07 Å². The van der Waals surface area contributed by atoms with E-state index in [4.69, 9.17) is 11.6 Å². The van der Waals surface area contributed by atoms with E-state index >= 15 is 0 Å². The first-order valence-electron chi connectivity index (χ1n) is 6.09. The van der Waals surface area contributed by atoms with Crippen molar-refractivity contribution in [1.82, 2.24) is 5.32 Å². The van der Waals surface area contributed by atoms with Gasteiger partial charge in [0.15, 0.2) is 0 Å². The Kier molecular flexibility index (Phi) is 2.75. The first-order chi connectivity index (χ1) is 8.19. The number of halogens is 2. The van der Waals surface area contributed by atoms with Crippen molar-refractivity contribution in [3.05, 3.63) is 29.0 Å². The smallest absolute Gasteiger partial charge is 0.125 e. The number of hydrogen-bond acceptors (Lipinski definition) is 2. The predicted molar refractivity (Wildman–Crippen MR) is 68.2 cm³/mol. The predicted octanol–water partition coefficient (Wildman–Crippen LogP) is 2.67. The number of anilines is 1. The molecule has 1 N–H and O–H groups in total. The zero-order valence-electron chi connectivity index (χ0n) is 9.68. The van der Waals surface area contributed by atoms with Gasteiger partial charge in [0.2, 0.25) is 0 Å². The molecule has 92 valence electrons. The normalized spacial score (nSPS) is 22.6. The molecule has 0 amide bonds. The minimum Gasteiger partial charge on any atom is -0.369 e. The van der Waals surface area contributed by atoms with E-state index < -0.39 is 0 Å². The SMILES string of the molecule is Fc1ccc(Cl)c(N2CC3(CCNCC3)C2)c1. The second-order valence-corrected chi connectivity index (χ2v) is 5.61. The van der Waals surface area contributed by atoms with E-state index in [0.29, 0.717) is 10.4 Å². The van der Waals surface area contributed by atoms with Crippen LogP contribution < -0.4 is 10.2 Å². The van der Waals surface area contributed by atoms with Crippen molar-refractivity contribution < 1.29 is 4.39 Å². The van der Waals surface area contributed by atoms with Crippen LogP contribution in [0.25, 0.3) is 0 Å². The molecule has 1 aromatic rings. The van der Waals surface area contributed by atoms with Crippen LogP contribution in [0.4, 0.5) is 10.1 Å². The Labute approximate surface area is 106 Å². The minimum atomic E-state index is -0.212. The van der Waals surface area contributed by atoms with Crippen LogP contribution in [0.1, 0.15) is 12.8 Å². The monoisotopic (exact) mass is 254 g/mol. The van der Waals surface area contributed by atoms with Gasteiger partial charge in [-0.05, 0) is 44.1 Å². The summed E-state index contributed by atoms with van der Waals surface area (Å²) in [5.41, 5.74) is 1.29. The Hall–Kier alpha value is -0.800. The number of hydrogen-bond donors (Lipinski definition) is 1. The van der Waals surface area contributed by atoms with Crippen LogP contribution in [0.15, 0.2) is 18.2 Å². The Bertz CT molecular complexity index is 421. The first kappa shape index (κ1) is 11.3. The summed E-state index contributed by atoms with van der Waals surface area (Å²) < 4.78 is 13.2. The maximum Gasteiger partial charge on any atom is 0.125 e. The highest BCUT2D eigenvalue weighted by atomic mass is 35.5. The molecule has 2 nitrogen and oxygen atoms in total. The van der Waals surface area contributed by atoms with Crippen LogP contribution in [-0.2, 0) is 0 Å². The van der Waals surface area contributed by atoms with E-state index in [1.165, 1.54) is 25.0 Å². The fourth-order valence-electron chi connectivity index (χ4n) is 2.94. The summed E-state index contributed by atoms with van der Waals surface area (Å²) in [6.07, 6.45) is 2.44. The van der Waals surface area contributed by atoms with Crippen molar-refractivity contribution in [3.63, 3.8) is 0 Å². The van der Waals surface area contributed by atoms with E-state index in [0.717, 1.165) is 31.9 Å². The Morgan fingerprint density at radius 1 is 1.24 bits per heavy atom. The third-order valence-corrected chi connectivity index (χ3v) is 4.29. The summed E-state index contributed by atoms with van der Waals surface area (Å²) in [6, 6.07) is 4.59. The Balaban J connectivity index is 1.74. The molecule has 2 fully saturated rings. The van der Waals surface area contributed by atoms with Gasteiger partial charge in [0.1, 0.15) is 5.82 Å². The van der Waals surface area contributed by atoms with Crippen molar-refractivity contribution in [3.8, 4) is 0 Å². The standard InChI is InChI=1S/C13H16ClFN2/c14-11-2-1-10(15)7-12(11)17-8-13(9-17)3-5-16-6-4-13/h1-2,7,16H,3-6,8-9H2. The van der Waals surface area contributed by atoms with Gasteiger partial charge in [0, 0.05) is 18.5 Å². The summed E-state index contributed by atoms with van der Waals surface area (Å²) in [5, 5.41) is 4.03. The first-order valence-corrected chi connectivity index (χ1v) is 6.47. The van der Waals surface area contributed by atoms with Crippen LogP contribution in [0.5, 0.6) is 0 Å². The highest BCUT2D eigenvalue weighted by Gasteiger charge is 2.43. The number of nitrogens with one attached hydrogen (secondary N) is 1. The van der Waals surface area contributed by atoms with Gasteiger partial charge >= 0.3 is 0 Å². The quantitative estimate of drug-likeness (QED) is 0.829. The number of benzene rings is 1. The number of piperidine rings is 1. The van der Waals surface area contributed by atoms with Crippen LogP contribution in [0, 0.1) is 11.2 Å². The Morgan fingerprint density at radius 2 is 1.94 bits per heavy atom. The molecule has 2 aliphatic heterocycles. The molecule has 4 heteroatoms. The average molecular weight is 255 g/mol. The zero-order chi connectivity index (χ0) is 11.9. The van der Waals surface area contributed by atoms with Crippen molar-refractivity contribution in [2.24, 2.45) is 5.41 Å². The van der Waals surface area contributed by atoms with Gasteiger partial charge in [0.25, 0.3) is 0 Å². The minimum absolute atomic E-state index is 0.212. The van der Waals surface area contributed by atoms with Gasteiger partial charge in [-0.15, -0.1) is 0 Å². The third kappa shape index (κ3) is 2.02. The maximum absolute atomic E-state index is 13.2. The summed E-state index contributed by atoms with van der Waals surface area (Å²) in [4.78, 5) is 2.19. The fourth-order valence-corrected chi connectivity index (χ4v) is 3.17. The molecule has 0 aliphatic carbocycles. The second-order valence-electron chi connectivity index (χ2n) is 5.20. The number of nitrogens with zero attached hydrogens (tertiary/aromatic N) is 1. The largest absolute Gasteiger partial charge is 0.369 e. The average Bonchev–Trinajstić information content (AvgIpc) is 2.30. The van der Waals surface area contributed by atoms with E-state index in [9.17, 15) is 4.39 Å². The van der Waals surface area contributed by atoms with Gasteiger partial charge in [-0.25, -0.2) is 4.39 Å². The van der Waals surface area contributed by atoms with Crippen LogP contribution in [-0.4, -0.2) is 26.2 Å². The van der Waals surface area contributed by atoms with Gasteiger partial charge in [-0.2, -0.15) is 0 Å². The molecular weight excluding hydrogens is 239 g/mol. The summed E-state index contributed by atoms with van der Waals surface area (Å²) in [7, 11) is 0. The molecule has 0 aromatic heterocycles. The van der Waals surface area contributed by atoms with Gasteiger partial charge in [-0.1, -0.05) is 11.6 Å². The van der Waals surface area contributed by atoms with Gasteiger partial charge < -0.3 is 10.2 Å². The highest BCUT2D eigenvalue weighted by molar-refractivity contribution is 6.33. The van der Waals surface area contributed by atoms with E-state index in [1.807, 2.05) is 0 Å². The van der Waals surface area contributed by atoms with Crippen molar-refractivity contribution in [2.75, 3.05) is 31.1 Å². The molecule has 1 aromatic carbocycles. The van der Waals surface area contributed by atoms with Crippen molar-refractivity contribution in [1.29, 1.82) is 0 Å². The molecule has 0 unspecified atom stereocenters. The van der Waals surface area contributed by atoms with Crippen LogP contribution in [0.3, 0.4) is 0 Å². The molecule has 2 saturated heterocycles. The molecular formula is C13H16ClFN2. The van der Waals surface area contributed by atoms with Crippen LogP contribution in [0.2, 0.25) is 5.02 Å². The van der Waals surface area contributed by atoms with Gasteiger partial charge in [0.05, 0.1) is 10.7 Å². The molecule has 1 spiro atoms. The zero-order valence-corrected chi connectivity index (χ0v) is 10.4. The molecule has 17 heavy (non-hydrogen) atoms. The van der Waals surface area contributed by atoms with E-state index in [-0.39, 0.29) is 5.82 Å². The molecule has 2 heterocycles. The molecule has 0 bridgehead atoms. The van der Waals surface area contributed by atoms with E-state index in [2.05, 4.69) is 10.2 Å². The second kappa shape index (κ2) is 4.14. The highest BCUT2D eigenvalue weighted by Crippen LogP contribution is 2.43. The summed E-state index contributed by atoms with van der Waals surface area (Å²) >= 11 is 6.11. The molecule has 0 radical (unpaired) electrons. The lowest BCUT2D eigenvalue weighted by Gasteiger charge is -2.53. The lowest BCUT2D eigenvalue weighted by atomic mass is 9.72. The molecule has 0 atom stereocenters. The maximum atomic E-state index is 13.2. The molecule has 3 rings (SSSR count).